The lowest BCUT2D eigenvalue weighted by molar-refractivity contribution is 0.597. The van der Waals surface area contributed by atoms with Gasteiger partial charge < -0.3 is 10.2 Å². The van der Waals surface area contributed by atoms with Crippen LogP contribution in [-0.4, -0.2) is 26.2 Å². The Balaban J connectivity index is 2.82. The van der Waals surface area contributed by atoms with E-state index in [2.05, 4.69) is 24.1 Å². The maximum atomic E-state index is 13.1. The van der Waals surface area contributed by atoms with Crippen LogP contribution in [-0.2, 0) is 0 Å². The number of nitrogens with zero attached hydrogens (tertiary/aromatic N) is 1. The first-order chi connectivity index (χ1) is 7.19. The minimum atomic E-state index is -0.178. The van der Waals surface area contributed by atoms with Gasteiger partial charge in [-0.25, -0.2) is 4.39 Å². The molecule has 0 aliphatic heterocycles. The summed E-state index contributed by atoms with van der Waals surface area (Å²) in [5, 5.41) is 3.13. The predicted octanol–water partition coefficient (Wildman–Crippen LogP) is 2.26. The Kier molecular flexibility index (Phi) is 4.56. The average molecular weight is 210 g/mol. The fraction of sp³-hybridized carbons (Fsp3) is 0.500. The second-order valence-corrected chi connectivity index (χ2v) is 3.67. The molecule has 0 radical (unpaired) electrons. The van der Waals surface area contributed by atoms with Gasteiger partial charge in [-0.1, -0.05) is 6.07 Å². The Morgan fingerprint density at radius 2 is 2.20 bits per heavy atom. The molecule has 0 fully saturated rings. The van der Waals surface area contributed by atoms with E-state index in [0.717, 1.165) is 18.8 Å². The second-order valence-electron chi connectivity index (χ2n) is 3.67. The van der Waals surface area contributed by atoms with Crippen molar-refractivity contribution in [3.63, 3.8) is 0 Å². The van der Waals surface area contributed by atoms with Gasteiger partial charge in [0.25, 0.3) is 0 Å². The van der Waals surface area contributed by atoms with Crippen LogP contribution in [0.2, 0.25) is 0 Å². The summed E-state index contributed by atoms with van der Waals surface area (Å²) in [4.78, 5) is 2.18. The molecule has 84 valence electrons. The monoisotopic (exact) mass is 210 g/mol. The van der Waals surface area contributed by atoms with E-state index < -0.39 is 0 Å². The lowest BCUT2D eigenvalue weighted by Crippen LogP contribution is -2.39. The van der Waals surface area contributed by atoms with Gasteiger partial charge in [0, 0.05) is 24.8 Å². The highest BCUT2D eigenvalue weighted by Crippen LogP contribution is 2.17. The molecule has 0 bridgehead atoms. The molecule has 0 amide bonds. The van der Waals surface area contributed by atoms with Crippen LogP contribution < -0.4 is 10.2 Å². The van der Waals surface area contributed by atoms with Gasteiger partial charge >= 0.3 is 0 Å². The summed E-state index contributed by atoms with van der Waals surface area (Å²) in [5.41, 5.74) is 0.945. The molecule has 1 unspecified atom stereocenters. The van der Waals surface area contributed by atoms with E-state index in [1.807, 2.05) is 13.1 Å². The van der Waals surface area contributed by atoms with E-state index in [9.17, 15) is 4.39 Å². The molecule has 2 nitrogen and oxygen atoms in total. The Bertz CT molecular complexity index is 301. The second kappa shape index (κ2) is 5.71. The molecule has 0 aliphatic rings. The molecule has 1 aromatic carbocycles. The van der Waals surface area contributed by atoms with E-state index >= 15 is 0 Å². The van der Waals surface area contributed by atoms with Gasteiger partial charge in [-0.3, -0.25) is 0 Å². The third-order valence-electron chi connectivity index (χ3n) is 2.51. The third kappa shape index (κ3) is 3.20. The largest absolute Gasteiger partial charge is 0.368 e. The minimum Gasteiger partial charge on any atom is -0.368 e. The predicted molar refractivity (Wildman–Crippen MR) is 62.8 cm³/mol. The summed E-state index contributed by atoms with van der Waals surface area (Å²) in [6.45, 7) is 5.98. The van der Waals surface area contributed by atoms with Crippen molar-refractivity contribution in [3.8, 4) is 0 Å². The highest BCUT2D eigenvalue weighted by molar-refractivity contribution is 5.47. The van der Waals surface area contributed by atoms with E-state index in [1.54, 1.807) is 12.1 Å². The zero-order valence-electron chi connectivity index (χ0n) is 9.63. The van der Waals surface area contributed by atoms with Crippen LogP contribution in [0.1, 0.15) is 13.8 Å². The number of likely N-dealkylation sites (N-methyl/N-ethyl adjacent to an activating group) is 2. The molecular weight excluding hydrogens is 191 g/mol. The summed E-state index contributed by atoms with van der Waals surface area (Å²) in [6.07, 6.45) is 0. The van der Waals surface area contributed by atoms with Crippen LogP contribution in [0, 0.1) is 5.82 Å². The number of nitrogens with one attached hydrogen (secondary N) is 1. The fourth-order valence-electron chi connectivity index (χ4n) is 1.81. The maximum Gasteiger partial charge on any atom is 0.125 e. The number of benzene rings is 1. The summed E-state index contributed by atoms with van der Waals surface area (Å²) in [7, 11) is 1.93. The van der Waals surface area contributed by atoms with Crippen LogP contribution in [0.4, 0.5) is 10.1 Å². The third-order valence-corrected chi connectivity index (χ3v) is 2.51. The lowest BCUT2D eigenvalue weighted by atomic mass is 10.2. The van der Waals surface area contributed by atoms with Crippen LogP contribution in [0.25, 0.3) is 0 Å². The number of hydrogen-bond donors (Lipinski definition) is 1. The van der Waals surface area contributed by atoms with E-state index in [0.29, 0.717) is 6.04 Å². The Morgan fingerprint density at radius 3 is 2.73 bits per heavy atom. The van der Waals surface area contributed by atoms with E-state index in [-0.39, 0.29) is 5.82 Å². The SMILES string of the molecule is CCN(c1cccc(F)c1)C(C)CNC. The Hall–Kier alpha value is -1.09. The molecule has 3 heteroatoms. The number of hydrogen-bond acceptors (Lipinski definition) is 2. The van der Waals surface area contributed by atoms with E-state index in [1.165, 1.54) is 6.07 Å². The Morgan fingerprint density at radius 1 is 1.47 bits per heavy atom. The first kappa shape index (κ1) is 12.0. The van der Waals surface area contributed by atoms with Crippen molar-refractivity contribution in [2.45, 2.75) is 19.9 Å². The molecule has 0 spiro atoms. The Labute approximate surface area is 91.1 Å². The first-order valence-corrected chi connectivity index (χ1v) is 5.35. The van der Waals surface area contributed by atoms with Gasteiger partial charge in [-0.2, -0.15) is 0 Å². The molecule has 0 saturated carbocycles. The topological polar surface area (TPSA) is 15.3 Å². The molecule has 0 heterocycles. The van der Waals surface area contributed by atoms with Crippen LogP contribution >= 0.6 is 0 Å². The van der Waals surface area contributed by atoms with Crippen LogP contribution in [0.15, 0.2) is 24.3 Å². The van der Waals surface area contributed by atoms with Gasteiger partial charge in [-0.15, -0.1) is 0 Å². The number of anilines is 1. The molecular formula is C12H19FN2. The summed E-state index contributed by atoms with van der Waals surface area (Å²) >= 11 is 0. The van der Waals surface area contributed by atoms with Crippen molar-refractivity contribution in [1.29, 1.82) is 0 Å². The van der Waals surface area contributed by atoms with Gasteiger partial charge in [0.05, 0.1) is 0 Å². The lowest BCUT2D eigenvalue weighted by Gasteiger charge is -2.30. The maximum absolute atomic E-state index is 13.1. The fourth-order valence-corrected chi connectivity index (χ4v) is 1.81. The normalized spacial score (nSPS) is 12.5. The van der Waals surface area contributed by atoms with Crippen molar-refractivity contribution in [2.75, 3.05) is 25.0 Å². The van der Waals surface area contributed by atoms with Crippen molar-refractivity contribution >= 4 is 5.69 Å². The quantitative estimate of drug-likeness (QED) is 0.802. The van der Waals surface area contributed by atoms with Crippen molar-refractivity contribution in [3.05, 3.63) is 30.1 Å². The zero-order valence-corrected chi connectivity index (χ0v) is 9.63. The van der Waals surface area contributed by atoms with Gasteiger partial charge in [-0.05, 0) is 39.1 Å². The van der Waals surface area contributed by atoms with Crippen molar-refractivity contribution < 1.29 is 4.39 Å². The molecule has 0 saturated heterocycles. The van der Waals surface area contributed by atoms with Gasteiger partial charge in [0.1, 0.15) is 5.82 Å². The molecule has 0 aliphatic carbocycles. The molecule has 0 aromatic heterocycles. The zero-order chi connectivity index (χ0) is 11.3. The standard InChI is InChI=1S/C12H19FN2/c1-4-15(10(2)9-14-3)12-7-5-6-11(13)8-12/h5-8,10,14H,4,9H2,1-3H3. The van der Waals surface area contributed by atoms with Gasteiger partial charge in [0.2, 0.25) is 0 Å². The molecule has 1 N–H and O–H groups in total. The molecule has 15 heavy (non-hydrogen) atoms. The highest BCUT2D eigenvalue weighted by atomic mass is 19.1. The smallest absolute Gasteiger partial charge is 0.125 e. The van der Waals surface area contributed by atoms with Crippen LogP contribution in [0.3, 0.4) is 0 Å². The molecule has 1 rings (SSSR count). The molecule has 1 aromatic rings. The summed E-state index contributed by atoms with van der Waals surface area (Å²) in [5.74, 6) is -0.178. The number of halogens is 1. The number of rotatable bonds is 5. The van der Waals surface area contributed by atoms with Crippen molar-refractivity contribution in [1.82, 2.24) is 5.32 Å². The summed E-state index contributed by atoms with van der Waals surface area (Å²) < 4.78 is 13.1. The molecule has 1 atom stereocenters. The van der Waals surface area contributed by atoms with Crippen molar-refractivity contribution in [2.24, 2.45) is 0 Å². The van der Waals surface area contributed by atoms with Gasteiger partial charge in [0.15, 0.2) is 0 Å². The minimum absolute atomic E-state index is 0.178. The summed E-state index contributed by atoms with van der Waals surface area (Å²) in [6, 6.07) is 7.11. The first-order valence-electron chi connectivity index (χ1n) is 5.35. The van der Waals surface area contributed by atoms with Crippen LogP contribution in [0.5, 0.6) is 0 Å². The average Bonchev–Trinajstić information content (AvgIpc) is 2.19. The van der Waals surface area contributed by atoms with E-state index in [4.69, 9.17) is 0 Å². The highest BCUT2D eigenvalue weighted by Gasteiger charge is 2.11.